The maximum absolute atomic E-state index is 15.4. The van der Waals surface area contributed by atoms with Crippen LogP contribution in [0.2, 0.25) is 0 Å². The quantitative estimate of drug-likeness (QED) is 0.225. The summed E-state index contributed by atoms with van der Waals surface area (Å²) in [6, 6.07) is 8.55. The van der Waals surface area contributed by atoms with Crippen molar-refractivity contribution in [2.75, 3.05) is 49.1 Å². The molecule has 4 aliphatic rings. The highest BCUT2D eigenvalue weighted by atomic mass is 19.1. The van der Waals surface area contributed by atoms with Gasteiger partial charge in [0, 0.05) is 70.0 Å². The van der Waals surface area contributed by atoms with Crippen LogP contribution >= 0.6 is 0 Å². The number of H-pyrrole nitrogens is 1. The summed E-state index contributed by atoms with van der Waals surface area (Å²) in [6.45, 7) is 6.70. The van der Waals surface area contributed by atoms with Gasteiger partial charge in [-0.2, -0.15) is 0 Å². The smallest absolute Gasteiger partial charge is 0.270 e. The molecule has 8 rings (SSSR count). The van der Waals surface area contributed by atoms with Crippen molar-refractivity contribution in [2.45, 2.75) is 57.7 Å². The molecule has 15 nitrogen and oxygen atoms in total. The number of amides is 5. The van der Waals surface area contributed by atoms with Crippen LogP contribution in [0.1, 0.15) is 74.9 Å². The third-order valence-corrected chi connectivity index (χ3v) is 11.0. The number of pyridine rings is 3. The largest absolute Gasteiger partial charge is 0.369 e. The highest BCUT2D eigenvalue weighted by Gasteiger charge is 2.45. The number of nitrogens with zero attached hydrogens (tertiary/aromatic N) is 6. The van der Waals surface area contributed by atoms with Crippen LogP contribution in [0.4, 0.5) is 15.8 Å². The SMILES string of the molecule is CCc1cc2ncc(CN3CCN(c4ccc(C(=O)NC5CCN(c6cc7c(cc6F)C(=O)N(C6CCC(=O)NC6=O)C7=O)CC5)nc4)CC3)cc2[nH]c1=O. The summed E-state index contributed by atoms with van der Waals surface area (Å²) in [5.74, 6) is -3.62. The number of hydrogen-bond donors (Lipinski definition) is 3. The van der Waals surface area contributed by atoms with Gasteiger partial charge in [-0.3, -0.25) is 48.9 Å². The lowest BCUT2D eigenvalue weighted by Gasteiger charge is -2.36. The first-order valence-electron chi connectivity index (χ1n) is 18.6. The molecule has 0 saturated carbocycles. The molecule has 4 aromatic rings. The molecule has 3 N–H and O–H groups in total. The summed E-state index contributed by atoms with van der Waals surface area (Å²) in [6.07, 6.45) is 5.29. The lowest BCUT2D eigenvalue weighted by atomic mass is 10.0. The highest BCUT2D eigenvalue weighted by molar-refractivity contribution is 6.23. The Kier molecular flexibility index (Phi) is 9.59. The molecule has 0 bridgehead atoms. The Morgan fingerprint density at radius 3 is 2.31 bits per heavy atom. The second-order valence-electron chi connectivity index (χ2n) is 14.4. The van der Waals surface area contributed by atoms with Crippen molar-refractivity contribution in [3.8, 4) is 0 Å². The number of aromatic amines is 1. The Morgan fingerprint density at radius 2 is 1.62 bits per heavy atom. The molecule has 3 saturated heterocycles. The number of imide groups is 2. The zero-order valence-corrected chi connectivity index (χ0v) is 30.3. The van der Waals surface area contributed by atoms with Crippen molar-refractivity contribution in [3.05, 3.63) is 92.9 Å². The standard InChI is InChI=1S/C39H40FN9O6/c1-2-23-16-30-31(44-35(23)51)15-22(19-41-30)21-46-11-13-47(14-12-46)25-3-4-29(42-20-25)36(52)43-24-7-9-48(10-8-24)33-18-27-26(17-28(33)40)38(54)49(39(27)55)32-5-6-34(50)45-37(32)53/h3-4,15-20,24,32H,2,5-14,21H2,1H3,(H,43,52)(H,44,51)(H,45,50,53). The number of rotatable bonds is 8. The molecule has 284 valence electrons. The molecule has 16 heteroatoms. The number of carbonyl (C=O) groups is 5. The van der Waals surface area contributed by atoms with Crippen molar-refractivity contribution in [1.82, 2.24) is 35.4 Å². The van der Waals surface area contributed by atoms with E-state index >= 15 is 4.39 Å². The fraction of sp³-hybridized carbons (Fsp3) is 0.385. The van der Waals surface area contributed by atoms with Gasteiger partial charge in [0.05, 0.1) is 39.7 Å². The Balaban J connectivity index is 0.821. The van der Waals surface area contributed by atoms with E-state index in [1.807, 2.05) is 31.3 Å². The number of anilines is 2. The second-order valence-corrected chi connectivity index (χ2v) is 14.4. The number of nitrogens with one attached hydrogen (secondary N) is 3. The molecule has 1 atom stereocenters. The van der Waals surface area contributed by atoms with Crippen LogP contribution in [0.15, 0.2) is 53.6 Å². The molecule has 3 fully saturated rings. The Labute approximate surface area is 314 Å². The number of aryl methyl sites for hydroxylation is 1. The molecule has 3 aromatic heterocycles. The van der Waals surface area contributed by atoms with E-state index in [4.69, 9.17) is 0 Å². The van der Waals surface area contributed by atoms with Crippen LogP contribution in [0.5, 0.6) is 0 Å². The Hall–Kier alpha value is -6.03. The van der Waals surface area contributed by atoms with E-state index < -0.39 is 35.5 Å². The number of piperazine rings is 1. The second kappa shape index (κ2) is 14.7. The maximum atomic E-state index is 15.4. The van der Waals surface area contributed by atoms with E-state index in [9.17, 15) is 28.8 Å². The van der Waals surface area contributed by atoms with Gasteiger partial charge in [-0.05, 0) is 67.6 Å². The molecule has 1 unspecified atom stereocenters. The van der Waals surface area contributed by atoms with Gasteiger partial charge in [-0.15, -0.1) is 0 Å². The molecule has 0 aliphatic carbocycles. The lowest BCUT2D eigenvalue weighted by molar-refractivity contribution is -0.136. The summed E-state index contributed by atoms with van der Waals surface area (Å²) < 4.78 is 15.4. The average Bonchev–Trinajstić information content (AvgIpc) is 3.42. The van der Waals surface area contributed by atoms with E-state index in [0.29, 0.717) is 38.0 Å². The lowest BCUT2D eigenvalue weighted by Crippen LogP contribution is -2.54. The van der Waals surface area contributed by atoms with Gasteiger partial charge in [-0.1, -0.05) is 6.92 Å². The summed E-state index contributed by atoms with van der Waals surface area (Å²) >= 11 is 0. The fourth-order valence-corrected chi connectivity index (χ4v) is 7.89. The average molecular weight is 750 g/mol. The molecular formula is C39H40FN9O6. The molecular weight excluding hydrogens is 709 g/mol. The first-order valence-corrected chi connectivity index (χ1v) is 18.6. The molecule has 0 spiro atoms. The first kappa shape index (κ1) is 36.0. The molecule has 7 heterocycles. The van der Waals surface area contributed by atoms with Crippen LogP contribution in [-0.4, -0.2) is 106 Å². The van der Waals surface area contributed by atoms with E-state index in [2.05, 4.69) is 35.4 Å². The third-order valence-electron chi connectivity index (χ3n) is 11.0. The van der Waals surface area contributed by atoms with Gasteiger partial charge in [0.1, 0.15) is 17.6 Å². The number of hydrogen-bond acceptors (Lipinski definition) is 11. The third kappa shape index (κ3) is 7.04. The van der Waals surface area contributed by atoms with Crippen molar-refractivity contribution in [3.63, 3.8) is 0 Å². The van der Waals surface area contributed by atoms with Gasteiger partial charge >= 0.3 is 0 Å². The van der Waals surface area contributed by atoms with Gasteiger partial charge in [-0.25, -0.2) is 9.37 Å². The minimum Gasteiger partial charge on any atom is -0.369 e. The highest BCUT2D eigenvalue weighted by Crippen LogP contribution is 2.34. The number of fused-ring (bicyclic) bond motifs is 2. The van der Waals surface area contributed by atoms with Gasteiger partial charge in [0.15, 0.2) is 0 Å². The van der Waals surface area contributed by atoms with Crippen LogP contribution in [0.25, 0.3) is 11.0 Å². The molecule has 1 aromatic carbocycles. The summed E-state index contributed by atoms with van der Waals surface area (Å²) in [7, 11) is 0. The number of benzene rings is 1. The van der Waals surface area contributed by atoms with Crippen molar-refractivity contribution >= 4 is 51.9 Å². The molecule has 0 radical (unpaired) electrons. The number of carbonyl (C=O) groups excluding carboxylic acids is 5. The molecule has 55 heavy (non-hydrogen) atoms. The van der Waals surface area contributed by atoms with Crippen molar-refractivity contribution in [2.24, 2.45) is 0 Å². The Bertz CT molecular complexity index is 2280. The van der Waals surface area contributed by atoms with Crippen LogP contribution in [0.3, 0.4) is 0 Å². The normalized spacial score (nSPS) is 19.6. The predicted octanol–water partition coefficient (Wildman–Crippen LogP) is 2.14. The Morgan fingerprint density at radius 1 is 0.873 bits per heavy atom. The number of halogens is 1. The van der Waals surface area contributed by atoms with E-state index in [1.54, 1.807) is 17.2 Å². The predicted molar refractivity (Wildman–Crippen MR) is 199 cm³/mol. The van der Waals surface area contributed by atoms with Crippen LogP contribution in [0, 0.1) is 5.82 Å². The van der Waals surface area contributed by atoms with Gasteiger partial charge in [0.2, 0.25) is 11.8 Å². The van der Waals surface area contributed by atoms with Crippen molar-refractivity contribution in [1.29, 1.82) is 0 Å². The number of aromatic nitrogens is 3. The fourth-order valence-electron chi connectivity index (χ4n) is 7.89. The zero-order valence-electron chi connectivity index (χ0n) is 30.3. The van der Waals surface area contributed by atoms with E-state index in [-0.39, 0.29) is 47.2 Å². The first-order chi connectivity index (χ1) is 26.6. The summed E-state index contributed by atoms with van der Waals surface area (Å²) in [4.78, 5) is 94.8. The van der Waals surface area contributed by atoms with Crippen LogP contribution < -0.4 is 26.0 Å². The monoisotopic (exact) mass is 749 g/mol. The number of piperidine rings is 2. The summed E-state index contributed by atoms with van der Waals surface area (Å²) in [5, 5.41) is 5.19. The molecule has 5 amide bonds. The minimum atomic E-state index is -1.13. The van der Waals surface area contributed by atoms with E-state index in [1.165, 1.54) is 6.07 Å². The summed E-state index contributed by atoms with van der Waals surface area (Å²) in [5.41, 5.74) is 4.51. The zero-order chi connectivity index (χ0) is 38.4. The maximum Gasteiger partial charge on any atom is 0.270 e. The molecule has 4 aliphatic heterocycles. The van der Waals surface area contributed by atoms with Gasteiger partial charge < -0.3 is 20.1 Å². The van der Waals surface area contributed by atoms with Crippen LogP contribution in [-0.2, 0) is 22.6 Å². The minimum absolute atomic E-state index is 0.00629. The topological polar surface area (TPSA) is 181 Å². The van der Waals surface area contributed by atoms with Gasteiger partial charge in [0.25, 0.3) is 23.3 Å². The van der Waals surface area contributed by atoms with Crippen molar-refractivity contribution < 1.29 is 28.4 Å². The van der Waals surface area contributed by atoms with E-state index in [0.717, 1.165) is 71.5 Å².